The molecule has 1 aliphatic carbocycles. The molecular formula is C17H33NO4Si. The first kappa shape index (κ1) is 20.2. The van der Waals surface area contributed by atoms with Crippen molar-refractivity contribution in [3.05, 3.63) is 0 Å². The van der Waals surface area contributed by atoms with E-state index in [-0.39, 0.29) is 10.9 Å². The van der Waals surface area contributed by atoms with Crippen LogP contribution in [0.3, 0.4) is 0 Å². The lowest BCUT2D eigenvalue weighted by Gasteiger charge is -2.36. The van der Waals surface area contributed by atoms with E-state index < -0.39 is 20.3 Å². The standard InChI is InChI=1S/C17H33NO4Si/c1-17(2,3)23(4,5)22-11-10-14(16(20)21)18-15(19)12-13-8-6-7-9-13/h13-14H,6-12H2,1-5H3,(H,18,19)(H,20,21)/t14-/m0/s1. The molecule has 0 unspecified atom stereocenters. The Kier molecular flexibility index (Phi) is 7.26. The van der Waals surface area contributed by atoms with Crippen molar-refractivity contribution < 1.29 is 19.1 Å². The first-order valence-electron chi connectivity index (χ1n) is 8.69. The average molecular weight is 344 g/mol. The molecule has 1 rings (SSSR count). The van der Waals surface area contributed by atoms with E-state index in [9.17, 15) is 14.7 Å². The van der Waals surface area contributed by atoms with Crippen molar-refractivity contribution in [2.45, 2.75) is 83.5 Å². The minimum atomic E-state index is -1.88. The Morgan fingerprint density at radius 2 is 1.83 bits per heavy atom. The maximum absolute atomic E-state index is 12.0. The van der Waals surface area contributed by atoms with E-state index in [0.29, 0.717) is 25.4 Å². The van der Waals surface area contributed by atoms with Gasteiger partial charge in [0.25, 0.3) is 0 Å². The highest BCUT2D eigenvalue weighted by Crippen LogP contribution is 2.36. The van der Waals surface area contributed by atoms with E-state index >= 15 is 0 Å². The van der Waals surface area contributed by atoms with Gasteiger partial charge in [-0.15, -0.1) is 0 Å². The van der Waals surface area contributed by atoms with Gasteiger partial charge < -0.3 is 14.8 Å². The largest absolute Gasteiger partial charge is 0.480 e. The second-order valence-electron chi connectivity index (χ2n) is 8.21. The van der Waals surface area contributed by atoms with Crippen molar-refractivity contribution in [3.63, 3.8) is 0 Å². The van der Waals surface area contributed by atoms with Crippen LogP contribution in [0.4, 0.5) is 0 Å². The summed E-state index contributed by atoms with van der Waals surface area (Å²) in [7, 11) is -1.88. The van der Waals surface area contributed by atoms with E-state index in [4.69, 9.17) is 4.43 Å². The smallest absolute Gasteiger partial charge is 0.326 e. The molecule has 0 aromatic carbocycles. The highest BCUT2D eigenvalue weighted by molar-refractivity contribution is 6.74. The molecule has 0 saturated heterocycles. The number of carbonyl (C=O) groups is 2. The van der Waals surface area contributed by atoms with Gasteiger partial charge in [0, 0.05) is 19.4 Å². The van der Waals surface area contributed by atoms with Gasteiger partial charge in [0.1, 0.15) is 6.04 Å². The van der Waals surface area contributed by atoms with Crippen LogP contribution in [-0.4, -0.2) is 37.9 Å². The van der Waals surface area contributed by atoms with Gasteiger partial charge in [0.15, 0.2) is 8.32 Å². The van der Waals surface area contributed by atoms with Crippen molar-refractivity contribution in [1.82, 2.24) is 5.32 Å². The van der Waals surface area contributed by atoms with Gasteiger partial charge in [-0.2, -0.15) is 0 Å². The van der Waals surface area contributed by atoms with Crippen LogP contribution in [0.15, 0.2) is 0 Å². The molecule has 134 valence electrons. The van der Waals surface area contributed by atoms with Gasteiger partial charge in [-0.1, -0.05) is 33.6 Å². The summed E-state index contributed by atoms with van der Waals surface area (Å²) in [6.45, 7) is 11.1. The predicted octanol–water partition coefficient (Wildman–Crippen LogP) is 3.55. The number of carboxylic acids is 1. The molecule has 5 nitrogen and oxygen atoms in total. The number of aliphatic carboxylic acids is 1. The van der Waals surface area contributed by atoms with Crippen molar-refractivity contribution >= 4 is 20.2 Å². The van der Waals surface area contributed by atoms with Gasteiger partial charge in [-0.05, 0) is 36.9 Å². The number of carboxylic acid groups (broad SMARTS) is 1. The predicted molar refractivity (Wildman–Crippen MR) is 93.9 cm³/mol. The zero-order chi connectivity index (χ0) is 17.7. The number of hydrogen-bond acceptors (Lipinski definition) is 3. The molecule has 1 aliphatic rings. The third-order valence-corrected chi connectivity index (χ3v) is 9.80. The average Bonchev–Trinajstić information content (AvgIpc) is 2.88. The summed E-state index contributed by atoms with van der Waals surface area (Å²) in [5.41, 5.74) is 0. The molecule has 1 fully saturated rings. The summed E-state index contributed by atoms with van der Waals surface area (Å²) in [5, 5.41) is 12.1. The van der Waals surface area contributed by atoms with E-state index in [1.54, 1.807) is 0 Å². The van der Waals surface area contributed by atoms with Crippen LogP contribution in [0.1, 0.15) is 59.3 Å². The van der Waals surface area contributed by atoms with E-state index in [0.717, 1.165) is 12.8 Å². The van der Waals surface area contributed by atoms with Crippen molar-refractivity contribution in [3.8, 4) is 0 Å². The molecule has 6 heteroatoms. The third-order valence-electron chi connectivity index (χ3n) is 5.26. The lowest BCUT2D eigenvalue weighted by atomic mass is 10.0. The summed E-state index contributed by atoms with van der Waals surface area (Å²) >= 11 is 0. The van der Waals surface area contributed by atoms with E-state index in [2.05, 4.69) is 39.2 Å². The Balaban J connectivity index is 2.43. The number of amides is 1. The van der Waals surface area contributed by atoms with Gasteiger partial charge in [-0.3, -0.25) is 4.79 Å². The van der Waals surface area contributed by atoms with Crippen molar-refractivity contribution in [1.29, 1.82) is 0 Å². The first-order valence-corrected chi connectivity index (χ1v) is 11.6. The minimum absolute atomic E-state index is 0.0947. The fourth-order valence-electron chi connectivity index (χ4n) is 2.64. The zero-order valence-corrected chi connectivity index (χ0v) is 16.3. The number of carbonyl (C=O) groups excluding carboxylic acids is 1. The molecule has 0 aromatic heterocycles. The van der Waals surface area contributed by atoms with Crippen LogP contribution in [-0.2, 0) is 14.0 Å². The molecular weight excluding hydrogens is 310 g/mol. The molecule has 1 amide bonds. The normalized spacial score (nSPS) is 18.0. The highest BCUT2D eigenvalue weighted by Gasteiger charge is 2.37. The van der Waals surface area contributed by atoms with Gasteiger partial charge >= 0.3 is 5.97 Å². The monoisotopic (exact) mass is 343 g/mol. The second kappa shape index (κ2) is 8.28. The SMILES string of the molecule is CC(C)(C)[Si](C)(C)OCC[C@H](NC(=O)CC1CCCC1)C(=O)O. The fourth-order valence-corrected chi connectivity index (χ4v) is 3.70. The van der Waals surface area contributed by atoms with Crippen LogP contribution < -0.4 is 5.32 Å². The van der Waals surface area contributed by atoms with Gasteiger partial charge in [-0.25, -0.2) is 4.79 Å². The summed E-state index contributed by atoms with van der Waals surface area (Å²) in [6, 6.07) is -0.853. The molecule has 1 atom stereocenters. The minimum Gasteiger partial charge on any atom is -0.480 e. The molecule has 1 saturated carbocycles. The van der Waals surface area contributed by atoms with Crippen LogP contribution in [0, 0.1) is 5.92 Å². The summed E-state index contributed by atoms with van der Waals surface area (Å²) in [4.78, 5) is 23.4. The summed E-state index contributed by atoms with van der Waals surface area (Å²) in [6.07, 6.45) is 5.30. The molecule has 2 N–H and O–H groups in total. The van der Waals surface area contributed by atoms with Gasteiger partial charge in [0.2, 0.25) is 5.91 Å². The third kappa shape index (κ3) is 6.63. The van der Waals surface area contributed by atoms with Gasteiger partial charge in [0.05, 0.1) is 0 Å². The van der Waals surface area contributed by atoms with E-state index in [1.807, 2.05) is 0 Å². The highest BCUT2D eigenvalue weighted by atomic mass is 28.4. The molecule has 0 spiro atoms. The Morgan fingerprint density at radius 1 is 1.26 bits per heavy atom. The Morgan fingerprint density at radius 3 is 2.30 bits per heavy atom. The molecule has 23 heavy (non-hydrogen) atoms. The lowest BCUT2D eigenvalue weighted by molar-refractivity contribution is -0.142. The Bertz CT molecular complexity index is 411. The van der Waals surface area contributed by atoms with Crippen molar-refractivity contribution in [2.24, 2.45) is 5.92 Å². The summed E-state index contributed by atoms with van der Waals surface area (Å²) in [5.74, 6) is -0.701. The number of rotatable bonds is 8. The van der Waals surface area contributed by atoms with Crippen LogP contribution >= 0.6 is 0 Å². The maximum atomic E-state index is 12.0. The number of nitrogens with one attached hydrogen (secondary N) is 1. The number of hydrogen-bond donors (Lipinski definition) is 2. The molecule has 0 radical (unpaired) electrons. The van der Waals surface area contributed by atoms with Crippen LogP contribution in [0.2, 0.25) is 18.1 Å². The fraction of sp³-hybridized carbons (Fsp3) is 0.882. The topological polar surface area (TPSA) is 75.6 Å². The van der Waals surface area contributed by atoms with Crippen molar-refractivity contribution in [2.75, 3.05) is 6.61 Å². The first-order chi connectivity index (χ1) is 10.5. The Hall–Kier alpha value is -0.883. The molecule has 0 aliphatic heterocycles. The second-order valence-corrected chi connectivity index (χ2v) is 13.0. The summed E-state index contributed by atoms with van der Waals surface area (Å²) < 4.78 is 6.01. The zero-order valence-electron chi connectivity index (χ0n) is 15.3. The lowest BCUT2D eigenvalue weighted by Crippen LogP contribution is -2.45. The van der Waals surface area contributed by atoms with Crippen LogP contribution in [0.25, 0.3) is 0 Å². The maximum Gasteiger partial charge on any atom is 0.326 e. The van der Waals surface area contributed by atoms with E-state index in [1.165, 1.54) is 12.8 Å². The quantitative estimate of drug-likeness (QED) is 0.661. The Labute approximate surface area is 141 Å². The molecule has 0 aromatic rings. The molecule has 0 heterocycles. The van der Waals surface area contributed by atoms with Crippen LogP contribution in [0.5, 0.6) is 0 Å². The molecule has 0 bridgehead atoms.